The molecular formula is C21H27N3O2S. The predicted octanol–water partition coefficient (Wildman–Crippen LogP) is 3.73. The Morgan fingerprint density at radius 1 is 1.11 bits per heavy atom. The molecule has 2 heterocycles. The molecule has 0 N–H and O–H groups in total. The molecule has 1 aliphatic heterocycles. The number of carbonyl (C=O) groups excluding carboxylic acids is 1. The van der Waals surface area contributed by atoms with E-state index in [1.807, 2.05) is 6.07 Å². The Balaban J connectivity index is 1.60. The summed E-state index contributed by atoms with van der Waals surface area (Å²) >= 11 is 5.92. The number of hydrogen-bond acceptors (Lipinski definition) is 4. The molecule has 4 rings (SSSR count). The van der Waals surface area contributed by atoms with Crippen molar-refractivity contribution in [2.24, 2.45) is 5.92 Å². The van der Waals surface area contributed by atoms with Crippen molar-refractivity contribution in [1.82, 2.24) is 14.0 Å². The second-order valence-electron chi connectivity index (χ2n) is 7.54. The molecule has 0 saturated carbocycles. The molecule has 1 aromatic carbocycles. The first-order chi connectivity index (χ1) is 13.2. The summed E-state index contributed by atoms with van der Waals surface area (Å²) in [4.78, 5) is 14.2. The van der Waals surface area contributed by atoms with Gasteiger partial charge in [0.05, 0.1) is 19.7 Å². The van der Waals surface area contributed by atoms with E-state index in [2.05, 4.69) is 38.3 Å². The van der Waals surface area contributed by atoms with Crippen LogP contribution in [0.4, 0.5) is 0 Å². The second kappa shape index (κ2) is 7.98. The van der Waals surface area contributed by atoms with Crippen LogP contribution in [0.2, 0.25) is 0 Å². The van der Waals surface area contributed by atoms with Crippen molar-refractivity contribution in [3.8, 4) is 5.69 Å². The fourth-order valence-electron chi connectivity index (χ4n) is 4.42. The van der Waals surface area contributed by atoms with E-state index in [0.29, 0.717) is 0 Å². The molecule has 1 aromatic heterocycles. The molecule has 1 fully saturated rings. The summed E-state index contributed by atoms with van der Waals surface area (Å²) in [5.41, 5.74) is 3.93. The molecule has 1 aliphatic carbocycles. The van der Waals surface area contributed by atoms with Crippen molar-refractivity contribution < 1.29 is 9.53 Å². The minimum Gasteiger partial charge on any atom is -0.469 e. The first kappa shape index (κ1) is 18.4. The van der Waals surface area contributed by atoms with Gasteiger partial charge in [-0.25, -0.2) is 0 Å². The SMILES string of the molecule is COC(=O)C1CCN(Cn2c3c(n(-c4ccccc4)c2=S)CCCC3)CC1. The van der Waals surface area contributed by atoms with Gasteiger partial charge in [-0.05, 0) is 62.9 Å². The number of aromatic nitrogens is 2. The third-order valence-corrected chi connectivity index (χ3v) is 6.31. The number of esters is 1. The lowest BCUT2D eigenvalue weighted by Gasteiger charge is -2.31. The Morgan fingerprint density at radius 2 is 1.78 bits per heavy atom. The van der Waals surface area contributed by atoms with E-state index in [9.17, 15) is 4.79 Å². The van der Waals surface area contributed by atoms with Crippen LogP contribution in [0, 0.1) is 10.7 Å². The van der Waals surface area contributed by atoms with Gasteiger partial charge in [0.25, 0.3) is 0 Å². The highest BCUT2D eigenvalue weighted by Crippen LogP contribution is 2.28. The van der Waals surface area contributed by atoms with E-state index < -0.39 is 0 Å². The zero-order valence-electron chi connectivity index (χ0n) is 15.9. The zero-order chi connectivity index (χ0) is 18.8. The van der Waals surface area contributed by atoms with E-state index in [4.69, 9.17) is 17.0 Å². The van der Waals surface area contributed by atoms with Crippen LogP contribution in [0.15, 0.2) is 30.3 Å². The lowest BCUT2D eigenvalue weighted by molar-refractivity contribution is -0.147. The molecule has 27 heavy (non-hydrogen) atoms. The highest BCUT2D eigenvalue weighted by molar-refractivity contribution is 7.71. The number of nitrogens with zero attached hydrogens (tertiary/aromatic N) is 3. The fourth-order valence-corrected chi connectivity index (χ4v) is 4.81. The van der Waals surface area contributed by atoms with Crippen LogP contribution in [0.25, 0.3) is 5.69 Å². The van der Waals surface area contributed by atoms with Crippen LogP contribution in [-0.4, -0.2) is 40.2 Å². The van der Waals surface area contributed by atoms with Gasteiger partial charge in [0, 0.05) is 30.2 Å². The maximum absolute atomic E-state index is 11.8. The number of methoxy groups -OCH3 is 1. The summed E-state index contributed by atoms with van der Waals surface area (Å²) < 4.78 is 10.4. The smallest absolute Gasteiger partial charge is 0.308 e. The maximum Gasteiger partial charge on any atom is 0.308 e. The van der Waals surface area contributed by atoms with E-state index in [1.54, 1.807) is 0 Å². The van der Waals surface area contributed by atoms with Gasteiger partial charge in [0.15, 0.2) is 4.77 Å². The average Bonchev–Trinajstić information content (AvgIpc) is 3.00. The highest BCUT2D eigenvalue weighted by atomic mass is 32.1. The van der Waals surface area contributed by atoms with Crippen LogP contribution in [0.1, 0.15) is 37.1 Å². The Bertz CT molecular complexity index is 864. The minimum atomic E-state index is -0.0705. The van der Waals surface area contributed by atoms with E-state index in [1.165, 1.54) is 31.3 Å². The summed E-state index contributed by atoms with van der Waals surface area (Å²) in [5, 5.41) is 0. The zero-order valence-corrected chi connectivity index (χ0v) is 16.7. The lowest BCUT2D eigenvalue weighted by atomic mass is 9.97. The lowest BCUT2D eigenvalue weighted by Crippen LogP contribution is -2.38. The topological polar surface area (TPSA) is 39.4 Å². The van der Waals surface area contributed by atoms with Gasteiger partial charge in [-0.15, -0.1) is 0 Å². The van der Waals surface area contributed by atoms with Crippen molar-refractivity contribution in [1.29, 1.82) is 0 Å². The number of para-hydroxylation sites is 1. The number of imidazole rings is 1. The molecule has 2 aromatic rings. The first-order valence-corrected chi connectivity index (χ1v) is 10.3. The van der Waals surface area contributed by atoms with Crippen LogP contribution >= 0.6 is 12.2 Å². The first-order valence-electron chi connectivity index (χ1n) is 9.88. The molecular weight excluding hydrogens is 358 g/mol. The van der Waals surface area contributed by atoms with Crippen LogP contribution in [0.5, 0.6) is 0 Å². The van der Waals surface area contributed by atoms with E-state index in [0.717, 1.165) is 55.9 Å². The summed E-state index contributed by atoms with van der Waals surface area (Å²) in [5.74, 6) is -0.0269. The Labute approximate surface area is 165 Å². The molecule has 0 bridgehead atoms. The standard InChI is InChI=1S/C21H27N3O2S/c1-26-20(25)16-11-13-22(14-12-16)15-23-18-9-5-6-10-19(18)24(21(23)27)17-7-3-2-4-8-17/h2-4,7-8,16H,5-6,9-15H2,1H3. The molecule has 5 nitrogen and oxygen atoms in total. The normalized spacial score (nSPS) is 18.3. The van der Waals surface area contributed by atoms with Crippen LogP contribution < -0.4 is 0 Å². The maximum atomic E-state index is 11.8. The Hall–Kier alpha value is -1.92. The Morgan fingerprint density at radius 3 is 2.44 bits per heavy atom. The molecule has 1 saturated heterocycles. The van der Waals surface area contributed by atoms with Crippen molar-refractivity contribution in [2.45, 2.75) is 45.2 Å². The number of piperidine rings is 1. The van der Waals surface area contributed by atoms with Crippen LogP contribution in [0.3, 0.4) is 0 Å². The van der Waals surface area contributed by atoms with Crippen molar-refractivity contribution in [3.05, 3.63) is 46.5 Å². The highest BCUT2D eigenvalue weighted by Gasteiger charge is 2.27. The average molecular weight is 386 g/mol. The predicted molar refractivity (Wildman–Crippen MR) is 108 cm³/mol. The molecule has 0 spiro atoms. The molecule has 2 aliphatic rings. The number of benzene rings is 1. The van der Waals surface area contributed by atoms with Gasteiger partial charge in [-0.1, -0.05) is 18.2 Å². The van der Waals surface area contributed by atoms with Crippen molar-refractivity contribution >= 4 is 18.2 Å². The molecule has 0 radical (unpaired) electrons. The quantitative estimate of drug-likeness (QED) is 0.594. The minimum absolute atomic E-state index is 0.0436. The van der Waals surface area contributed by atoms with E-state index in [-0.39, 0.29) is 11.9 Å². The van der Waals surface area contributed by atoms with E-state index >= 15 is 0 Å². The third kappa shape index (κ3) is 3.60. The second-order valence-corrected chi connectivity index (χ2v) is 7.90. The number of carbonyl (C=O) groups is 1. The van der Waals surface area contributed by atoms with Gasteiger partial charge in [-0.3, -0.25) is 14.3 Å². The number of likely N-dealkylation sites (tertiary alicyclic amines) is 1. The summed E-state index contributed by atoms with van der Waals surface area (Å²) in [6.45, 7) is 2.63. The van der Waals surface area contributed by atoms with Crippen molar-refractivity contribution in [2.75, 3.05) is 20.2 Å². The molecule has 0 atom stereocenters. The largest absolute Gasteiger partial charge is 0.469 e. The molecule has 0 unspecified atom stereocenters. The summed E-state index contributed by atoms with van der Waals surface area (Å²) in [6, 6.07) is 10.5. The van der Waals surface area contributed by atoms with Gasteiger partial charge in [-0.2, -0.15) is 0 Å². The molecule has 6 heteroatoms. The molecule has 0 amide bonds. The fraction of sp³-hybridized carbons (Fsp3) is 0.524. The monoisotopic (exact) mass is 385 g/mol. The van der Waals surface area contributed by atoms with Gasteiger partial charge in [0.2, 0.25) is 0 Å². The van der Waals surface area contributed by atoms with Gasteiger partial charge < -0.3 is 9.30 Å². The summed E-state index contributed by atoms with van der Waals surface area (Å²) in [6.07, 6.45) is 6.36. The number of rotatable bonds is 4. The summed E-state index contributed by atoms with van der Waals surface area (Å²) in [7, 11) is 1.48. The van der Waals surface area contributed by atoms with Gasteiger partial charge in [0.1, 0.15) is 0 Å². The molecule has 144 valence electrons. The van der Waals surface area contributed by atoms with Gasteiger partial charge >= 0.3 is 5.97 Å². The number of ether oxygens (including phenoxy) is 1. The van der Waals surface area contributed by atoms with Crippen molar-refractivity contribution in [3.63, 3.8) is 0 Å². The Kier molecular flexibility index (Phi) is 5.45. The third-order valence-electron chi connectivity index (χ3n) is 5.91. The number of hydrogen-bond donors (Lipinski definition) is 0. The van der Waals surface area contributed by atoms with Crippen LogP contribution in [-0.2, 0) is 29.0 Å². The number of fused-ring (bicyclic) bond motifs is 1.